The van der Waals surface area contributed by atoms with E-state index < -0.39 is 30.4 Å². The van der Waals surface area contributed by atoms with Crippen LogP contribution in [-0.4, -0.2) is 64.5 Å². The van der Waals surface area contributed by atoms with E-state index in [2.05, 4.69) is 0 Å². The SMILES string of the molecule is C/C(=C\C(=O)[O-])C[C@@H]1OC[C@H](CC2OC2[C@@H](C)[C@H](C)O)[C@@H](O)[C@H]1O. The molecule has 0 saturated carbocycles. The van der Waals surface area contributed by atoms with Gasteiger partial charge in [0.2, 0.25) is 0 Å². The number of carboxylic acid groups (broad SMARTS) is 1. The van der Waals surface area contributed by atoms with Crippen LogP contribution in [0.1, 0.15) is 33.6 Å². The van der Waals surface area contributed by atoms with Gasteiger partial charge >= 0.3 is 0 Å². The van der Waals surface area contributed by atoms with Gasteiger partial charge in [0.25, 0.3) is 0 Å². The fraction of sp³-hybridized carbons (Fsp3) is 0.824. The van der Waals surface area contributed by atoms with E-state index in [1.54, 1.807) is 13.8 Å². The second-order valence-electron chi connectivity index (χ2n) is 7.10. The molecule has 2 fully saturated rings. The number of epoxide rings is 1. The number of carboxylic acids is 1. The molecular weight excluding hydrogens is 316 g/mol. The predicted molar refractivity (Wildman–Crippen MR) is 82.7 cm³/mol. The van der Waals surface area contributed by atoms with E-state index in [0.29, 0.717) is 12.0 Å². The molecule has 7 nitrogen and oxygen atoms in total. The molecule has 2 aliphatic rings. The number of carbonyl (C=O) groups is 1. The third-order valence-corrected chi connectivity index (χ3v) is 5.06. The largest absolute Gasteiger partial charge is 0.545 e. The van der Waals surface area contributed by atoms with Crippen molar-refractivity contribution in [3.63, 3.8) is 0 Å². The summed E-state index contributed by atoms with van der Waals surface area (Å²) in [7, 11) is 0. The van der Waals surface area contributed by atoms with E-state index in [1.807, 2.05) is 6.92 Å². The summed E-state index contributed by atoms with van der Waals surface area (Å²) in [5, 5.41) is 40.7. The van der Waals surface area contributed by atoms with Crippen molar-refractivity contribution in [2.24, 2.45) is 11.8 Å². The monoisotopic (exact) mass is 343 g/mol. The smallest absolute Gasteiger partial charge is 0.107 e. The Hall–Kier alpha value is -0.990. The summed E-state index contributed by atoms with van der Waals surface area (Å²) in [6.45, 7) is 5.53. The first-order chi connectivity index (χ1) is 11.2. The van der Waals surface area contributed by atoms with Gasteiger partial charge in [-0.05, 0) is 32.8 Å². The average Bonchev–Trinajstić information content (AvgIpc) is 3.24. The highest BCUT2D eigenvalue weighted by atomic mass is 16.6. The topological polar surface area (TPSA) is 123 Å². The zero-order valence-electron chi connectivity index (χ0n) is 14.3. The summed E-state index contributed by atoms with van der Waals surface area (Å²) < 4.78 is 11.2. The molecule has 2 rings (SSSR count). The molecule has 2 unspecified atom stereocenters. The van der Waals surface area contributed by atoms with Gasteiger partial charge in [0.05, 0.1) is 43.1 Å². The van der Waals surface area contributed by atoms with Gasteiger partial charge in [0.15, 0.2) is 0 Å². The van der Waals surface area contributed by atoms with Crippen molar-refractivity contribution in [3.05, 3.63) is 11.6 Å². The molecule has 2 saturated heterocycles. The zero-order valence-corrected chi connectivity index (χ0v) is 14.3. The lowest BCUT2D eigenvalue weighted by atomic mass is 9.85. The van der Waals surface area contributed by atoms with Crippen LogP contribution in [0.5, 0.6) is 0 Å². The Balaban J connectivity index is 1.84. The quantitative estimate of drug-likeness (QED) is 0.399. The second-order valence-corrected chi connectivity index (χ2v) is 7.10. The van der Waals surface area contributed by atoms with E-state index in [1.165, 1.54) is 0 Å². The van der Waals surface area contributed by atoms with Gasteiger partial charge in [-0.3, -0.25) is 0 Å². The summed E-state index contributed by atoms with van der Waals surface area (Å²) in [4.78, 5) is 10.5. The van der Waals surface area contributed by atoms with Crippen molar-refractivity contribution in [1.29, 1.82) is 0 Å². The number of hydrogen-bond acceptors (Lipinski definition) is 7. The Labute approximate surface area is 141 Å². The van der Waals surface area contributed by atoms with Crippen LogP contribution >= 0.6 is 0 Å². The molecular formula is C17H27O7-. The molecule has 138 valence electrons. The van der Waals surface area contributed by atoms with E-state index >= 15 is 0 Å². The van der Waals surface area contributed by atoms with E-state index in [-0.39, 0.29) is 37.1 Å². The van der Waals surface area contributed by atoms with Crippen molar-refractivity contribution < 1.29 is 34.7 Å². The maximum Gasteiger partial charge on any atom is 0.107 e. The highest BCUT2D eigenvalue weighted by molar-refractivity contribution is 5.78. The van der Waals surface area contributed by atoms with Gasteiger partial charge in [0, 0.05) is 11.8 Å². The van der Waals surface area contributed by atoms with Crippen molar-refractivity contribution in [2.75, 3.05) is 6.61 Å². The Morgan fingerprint density at radius 1 is 1.29 bits per heavy atom. The third kappa shape index (κ3) is 4.77. The minimum absolute atomic E-state index is 0.0201. The maximum atomic E-state index is 10.5. The number of aliphatic hydroxyl groups excluding tert-OH is 3. The number of rotatable bonds is 7. The van der Waals surface area contributed by atoms with Gasteiger partial charge in [0.1, 0.15) is 6.10 Å². The first-order valence-electron chi connectivity index (χ1n) is 8.40. The van der Waals surface area contributed by atoms with Crippen LogP contribution in [-0.2, 0) is 14.3 Å². The summed E-state index contributed by atoms with van der Waals surface area (Å²) in [5.41, 5.74) is 0.515. The predicted octanol–water partition coefficient (Wildman–Crippen LogP) is -1.02. The zero-order chi connectivity index (χ0) is 18.0. The first-order valence-corrected chi connectivity index (χ1v) is 8.40. The Kier molecular flexibility index (Phi) is 6.39. The van der Waals surface area contributed by atoms with E-state index in [4.69, 9.17) is 9.47 Å². The molecule has 0 amide bonds. The molecule has 0 spiro atoms. The third-order valence-electron chi connectivity index (χ3n) is 5.06. The molecule has 0 aromatic carbocycles. The molecule has 0 radical (unpaired) electrons. The van der Waals surface area contributed by atoms with Crippen LogP contribution in [0.4, 0.5) is 0 Å². The fourth-order valence-electron chi connectivity index (χ4n) is 3.29. The first kappa shape index (κ1) is 19.3. The maximum absolute atomic E-state index is 10.5. The highest BCUT2D eigenvalue weighted by Crippen LogP contribution is 2.38. The molecule has 0 bridgehead atoms. The van der Waals surface area contributed by atoms with Crippen LogP contribution < -0.4 is 5.11 Å². The van der Waals surface area contributed by atoms with Crippen LogP contribution in [0.3, 0.4) is 0 Å². The van der Waals surface area contributed by atoms with Gasteiger partial charge in [-0.25, -0.2) is 0 Å². The van der Waals surface area contributed by atoms with Crippen LogP contribution in [0.15, 0.2) is 11.6 Å². The molecule has 8 atom stereocenters. The van der Waals surface area contributed by atoms with Gasteiger partial charge in [-0.15, -0.1) is 0 Å². The van der Waals surface area contributed by atoms with Crippen molar-refractivity contribution >= 4 is 5.97 Å². The van der Waals surface area contributed by atoms with Crippen LogP contribution in [0.2, 0.25) is 0 Å². The number of aliphatic carboxylic acids is 1. The normalized spacial score (nSPS) is 39.3. The summed E-state index contributed by atoms with van der Waals surface area (Å²) in [5.74, 6) is -1.52. The summed E-state index contributed by atoms with van der Waals surface area (Å²) >= 11 is 0. The van der Waals surface area contributed by atoms with Gasteiger partial charge < -0.3 is 34.7 Å². The molecule has 0 aliphatic carbocycles. The van der Waals surface area contributed by atoms with Crippen LogP contribution in [0.25, 0.3) is 0 Å². The van der Waals surface area contributed by atoms with E-state index in [9.17, 15) is 25.2 Å². The lowest BCUT2D eigenvalue weighted by Gasteiger charge is -2.38. The minimum Gasteiger partial charge on any atom is -0.545 e. The number of carbonyl (C=O) groups excluding carboxylic acids is 1. The standard InChI is InChI=1S/C17H28O7/c1-8(5-14(19)20)4-12-16(22)15(21)11(7-23-12)6-13-17(24-13)9(2)10(3)18/h5,9-13,15-18,21-22H,4,6-7H2,1-3H3,(H,19,20)/p-1/b8-5+/t9-,10-,11-,12-,13?,15+,16-,17?/m0/s1. The average molecular weight is 343 g/mol. The second kappa shape index (κ2) is 7.93. The van der Waals surface area contributed by atoms with Crippen LogP contribution in [0, 0.1) is 11.8 Å². The molecule has 2 heterocycles. The summed E-state index contributed by atoms with van der Waals surface area (Å²) in [6.07, 6.45) is -1.45. The number of hydrogen-bond donors (Lipinski definition) is 3. The molecule has 0 aromatic heterocycles. The van der Waals surface area contributed by atoms with Crippen molar-refractivity contribution in [1.82, 2.24) is 0 Å². The lowest BCUT2D eigenvalue weighted by Crippen LogP contribution is -2.50. The molecule has 24 heavy (non-hydrogen) atoms. The Morgan fingerprint density at radius 2 is 1.96 bits per heavy atom. The highest BCUT2D eigenvalue weighted by Gasteiger charge is 2.48. The van der Waals surface area contributed by atoms with Gasteiger partial charge in [-0.1, -0.05) is 12.5 Å². The Bertz CT molecular complexity index is 476. The molecule has 0 aromatic rings. The molecule has 3 N–H and O–H groups in total. The van der Waals surface area contributed by atoms with E-state index in [0.717, 1.165) is 6.08 Å². The number of ether oxygens (including phenoxy) is 2. The van der Waals surface area contributed by atoms with Crippen molar-refractivity contribution in [3.8, 4) is 0 Å². The lowest BCUT2D eigenvalue weighted by molar-refractivity contribution is -0.297. The fourth-order valence-corrected chi connectivity index (χ4v) is 3.29. The molecule has 2 aliphatic heterocycles. The number of aliphatic hydroxyl groups is 3. The van der Waals surface area contributed by atoms with Gasteiger partial charge in [-0.2, -0.15) is 0 Å². The molecule has 7 heteroatoms. The van der Waals surface area contributed by atoms with Crippen molar-refractivity contribution in [2.45, 2.75) is 70.2 Å². The minimum atomic E-state index is -1.29. The Morgan fingerprint density at radius 3 is 2.54 bits per heavy atom. The summed E-state index contributed by atoms with van der Waals surface area (Å²) in [6, 6.07) is 0.